The Morgan fingerprint density at radius 1 is 1.30 bits per heavy atom. The number of aromatic nitrogens is 2. The third-order valence-electron chi connectivity index (χ3n) is 3.32. The topological polar surface area (TPSA) is 95.7 Å². The number of nitrogens with zero attached hydrogens (tertiary/aromatic N) is 2. The first kappa shape index (κ1) is 15.3. The fourth-order valence-corrected chi connectivity index (χ4v) is 2.24. The highest BCUT2D eigenvalue weighted by atomic mass is 16.6. The van der Waals surface area contributed by atoms with Crippen LogP contribution in [0.25, 0.3) is 0 Å². The lowest BCUT2D eigenvalue weighted by atomic mass is 10.1. The average Bonchev–Trinajstić information content (AvgIpc) is 3.00. The van der Waals surface area contributed by atoms with Crippen molar-refractivity contribution in [2.24, 2.45) is 0 Å². The first-order chi connectivity index (χ1) is 11.2. The van der Waals surface area contributed by atoms with E-state index in [9.17, 15) is 4.79 Å². The minimum Gasteiger partial charge on any atom is -0.486 e. The highest BCUT2D eigenvalue weighted by Gasteiger charge is 2.18. The van der Waals surface area contributed by atoms with Crippen LogP contribution in [0.1, 0.15) is 27.6 Å². The van der Waals surface area contributed by atoms with Crippen LogP contribution >= 0.6 is 0 Å². The molecule has 0 bridgehead atoms. The molecule has 122 valence electrons. The number of methoxy groups -OCH3 is 1. The van der Waals surface area contributed by atoms with Crippen molar-refractivity contribution in [3.8, 4) is 11.5 Å². The van der Waals surface area contributed by atoms with Gasteiger partial charge in [0.1, 0.15) is 19.8 Å². The van der Waals surface area contributed by atoms with Crippen molar-refractivity contribution in [2.75, 3.05) is 20.3 Å². The van der Waals surface area contributed by atoms with E-state index in [-0.39, 0.29) is 19.1 Å². The Morgan fingerprint density at radius 2 is 2.04 bits per heavy atom. The number of aryl methyl sites for hydroxylation is 1. The van der Waals surface area contributed by atoms with Gasteiger partial charge < -0.3 is 24.1 Å². The fraction of sp³-hybridized carbons (Fsp3) is 0.400. The normalized spacial score (nSPS) is 13.0. The largest absolute Gasteiger partial charge is 0.486 e. The lowest BCUT2D eigenvalue weighted by Gasteiger charge is -2.20. The van der Waals surface area contributed by atoms with Gasteiger partial charge in [0.15, 0.2) is 17.3 Å². The molecule has 1 aromatic heterocycles. The van der Waals surface area contributed by atoms with Gasteiger partial charge in [-0.3, -0.25) is 4.79 Å². The molecular weight excluding hydrogens is 302 g/mol. The number of rotatable bonds is 5. The maximum absolute atomic E-state index is 12.3. The van der Waals surface area contributed by atoms with Gasteiger partial charge in [-0.25, -0.2) is 0 Å². The molecule has 0 atom stereocenters. The third kappa shape index (κ3) is 3.42. The second-order valence-corrected chi connectivity index (χ2v) is 5.03. The third-order valence-corrected chi connectivity index (χ3v) is 3.32. The zero-order valence-electron chi connectivity index (χ0n) is 12.9. The van der Waals surface area contributed by atoms with Crippen LogP contribution in [-0.4, -0.2) is 36.4 Å². The van der Waals surface area contributed by atoms with E-state index < -0.39 is 0 Å². The van der Waals surface area contributed by atoms with Crippen LogP contribution in [0, 0.1) is 6.92 Å². The molecule has 0 fully saturated rings. The minimum atomic E-state index is -0.244. The standard InChI is InChI=1S/C15H17N3O5/c1-9-5-11-12(22-4-3-21-11)6-10(9)15(19)16-7-14-17-13(8-20-2)18-23-14/h5-6H,3-4,7-8H2,1-2H3,(H,16,19). The van der Waals surface area contributed by atoms with Crippen LogP contribution in [0.2, 0.25) is 0 Å². The molecule has 2 heterocycles. The molecule has 1 amide bonds. The van der Waals surface area contributed by atoms with E-state index in [0.717, 1.165) is 5.56 Å². The van der Waals surface area contributed by atoms with E-state index in [1.807, 2.05) is 6.92 Å². The summed E-state index contributed by atoms with van der Waals surface area (Å²) in [5.74, 6) is 1.75. The number of carbonyl (C=O) groups excluding carboxylic acids is 1. The molecule has 1 aromatic carbocycles. The minimum absolute atomic E-state index is 0.142. The van der Waals surface area contributed by atoms with Crippen LogP contribution in [0.15, 0.2) is 16.7 Å². The number of hydrogen-bond donors (Lipinski definition) is 1. The summed E-state index contributed by atoms with van der Waals surface area (Å²) in [5, 5.41) is 6.48. The predicted octanol–water partition coefficient (Wildman–Crippen LogP) is 1.23. The van der Waals surface area contributed by atoms with Gasteiger partial charge in [-0.05, 0) is 24.6 Å². The summed E-state index contributed by atoms with van der Waals surface area (Å²) in [6, 6.07) is 3.48. The number of ether oxygens (including phenoxy) is 3. The summed E-state index contributed by atoms with van der Waals surface area (Å²) in [6.07, 6.45) is 0. The number of nitrogens with one attached hydrogen (secondary N) is 1. The molecule has 23 heavy (non-hydrogen) atoms. The van der Waals surface area contributed by atoms with E-state index in [0.29, 0.717) is 42.0 Å². The second-order valence-electron chi connectivity index (χ2n) is 5.03. The monoisotopic (exact) mass is 319 g/mol. The molecule has 0 spiro atoms. The zero-order chi connectivity index (χ0) is 16.2. The molecule has 8 nitrogen and oxygen atoms in total. The van der Waals surface area contributed by atoms with Crippen molar-refractivity contribution in [1.82, 2.24) is 15.5 Å². The number of carbonyl (C=O) groups is 1. The molecule has 2 aromatic rings. The van der Waals surface area contributed by atoms with Crippen molar-refractivity contribution in [3.05, 3.63) is 35.0 Å². The fourth-order valence-electron chi connectivity index (χ4n) is 2.24. The summed E-state index contributed by atoms with van der Waals surface area (Å²) in [7, 11) is 1.54. The number of fused-ring (bicyclic) bond motifs is 1. The van der Waals surface area contributed by atoms with Crippen LogP contribution < -0.4 is 14.8 Å². The van der Waals surface area contributed by atoms with Crippen molar-refractivity contribution in [1.29, 1.82) is 0 Å². The predicted molar refractivity (Wildman–Crippen MR) is 78.4 cm³/mol. The Balaban J connectivity index is 1.68. The molecule has 0 saturated heterocycles. The summed E-state index contributed by atoms with van der Waals surface area (Å²) in [6.45, 7) is 3.24. The number of hydrogen-bond acceptors (Lipinski definition) is 7. The van der Waals surface area contributed by atoms with Crippen LogP contribution in [-0.2, 0) is 17.9 Å². The van der Waals surface area contributed by atoms with Gasteiger partial charge in [0, 0.05) is 12.7 Å². The lowest BCUT2D eigenvalue weighted by molar-refractivity contribution is 0.0944. The van der Waals surface area contributed by atoms with E-state index >= 15 is 0 Å². The van der Waals surface area contributed by atoms with Crippen molar-refractivity contribution >= 4 is 5.91 Å². The first-order valence-electron chi connectivity index (χ1n) is 7.16. The van der Waals surface area contributed by atoms with Crippen LogP contribution in [0.3, 0.4) is 0 Å². The summed E-state index contributed by atoms with van der Waals surface area (Å²) in [5.41, 5.74) is 1.32. The van der Waals surface area contributed by atoms with Crippen molar-refractivity contribution in [3.63, 3.8) is 0 Å². The summed E-state index contributed by atoms with van der Waals surface area (Å²) >= 11 is 0. The lowest BCUT2D eigenvalue weighted by Crippen LogP contribution is -2.24. The molecule has 1 N–H and O–H groups in total. The van der Waals surface area contributed by atoms with E-state index in [4.69, 9.17) is 18.7 Å². The van der Waals surface area contributed by atoms with Gasteiger partial charge in [-0.15, -0.1) is 0 Å². The van der Waals surface area contributed by atoms with Crippen molar-refractivity contribution in [2.45, 2.75) is 20.1 Å². The Bertz CT molecular complexity index is 713. The average molecular weight is 319 g/mol. The highest BCUT2D eigenvalue weighted by Crippen LogP contribution is 2.32. The first-order valence-corrected chi connectivity index (χ1v) is 7.16. The Kier molecular flexibility index (Phi) is 4.42. The SMILES string of the molecule is COCc1noc(CNC(=O)c2cc3c(cc2C)OCCO3)n1. The highest BCUT2D eigenvalue weighted by molar-refractivity contribution is 5.96. The molecule has 3 rings (SSSR count). The van der Waals surface area contributed by atoms with E-state index in [1.54, 1.807) is 19.2 Å². The van der Waals surface area contributed by atoms with Gasteiger partial charge in [0.05, 0.1) is 6.54 Å². The second kappa shape index (κ2) is 6.66. The zero-order valence-corrected chi connectivity index (χ0v) is 12.9. The molecular formula is C15H17N3O5. The molecule has 1 aliphatic rings. The summed E-state index contributed by atoms with van der Waals surface area (Å²) in [4.78, 5) is 16.4. The van der Waals surface area contributed by atoms with Gasteiger partial charge in [-0.1, -0.05) is 5.16 Å². The Labute approximate surface area is 132 Å². The van der Waals surface area contributed by atoms with Crippen molar-refractivity contribution < 1.29 is 23.5 Å². The molecule has 0 radical (unpaired) electrons. The Hall–Kier alpha value is -2.61. The molecule has 0 saturated carbocycles. The van der Waals surface area contributed by atoms with Gasteiger partial charge >= 0.3 is 0 Å². The van der Waals surface area contributed by atoms with E-state index in [2.05, 4.69) is 15.5 Å². The molecule has 8 heteroatoms. The van der Waals surface area contributed by atoms with Crippen LogP contribution in [0.5, 0.6) is 11.5 Å². The molecule has 1 aliphatic heterocycles. The summed E-state index contributed by atoms with van der Waals surface area (Å²) < 4.78 is 20.9. The quantitative estimate of drug-likeness (QED) is 0.885. The van der Waals surface area contributed by atoms with E-state index in [1.165, 1.54) is 0 Å². The number of amides is 1. The van der Waals surface area contributed by atoms with Gasteiger partial charge in [0.25, 0.3) is 5.91 Å². The van der Waals surface area contributed by atoms with Gasteiger partial charge in [0.2, 0.25) is 5.89 Å². The van der Waals surface area contributed by atoms with Crippen LogP contribution in [0.4, 0.5) is 0 Å². The molecule has 0 unspecified atom stereocenters. The number of benzene rings is 1. The van der Waals surface area contributed by atoms with Gasteiger partial charge in [-0.2, -0.15) is 4.98 Å². The maximum atomic E-state index is 12.3. The maximum Gasteiger partial charge on any atom is 0.252 e. The molecule has 0 aliphatic carbocycles. The Morgan fingerprint density at radius 3 is 2.78 bits per heavy atom. The smallest absolute Gasteiger partial charge is 0.252 e.